The third kappa shape index (κ3) is 2.42. The van der Waals surface area contributed by atoms with E-state index in [1.165, 1.54) is 7.11 Å². The van der Waals surface area contributed by atoms with Crippen molar-refractivity contribution >= 4 is 23.0 Å². The molecule has 6 nitrogen and oxygen atoms in total. The zero-order chi connectivity index (χ0) is 18.3. The molecule has 0 aliphatic carbocycles. The van der Waals surface area contributed by atoms with Crippen LogP contribution in [0, 0.1) is 0 Å². The maximum absolute atomic E-state index is 12.6. The third-order valence-electron chi connectivity index (χ3n) is 4.65. The van der Waals surface area contributed by atoms with E-state index in [0.29, 0.717) is 11.5 Å². The largest absolute Gasteiger partial charge is 0.497 e. The summed E-state index contributed by atoms with van der Waals surface area (Å²) in [7, 11) is 3.02. The second kappa shape index (κ2) is 6.22. The minimum Gasteiger partial charge on any atom is -0.497 e. The molecule has 1 atom stereocenters. The van der Waals surface area contributed by atoms with Gasteiger partial charge in [-0.05, 0) is 36.8 Å². The lowest BCUT2D eigenvalue weighted by Gasteiger charge is -2.30. The molecule has 132 valence electrons. The molecule has 2 aromatic carbocycles. The number of para-hydroxylation sites is 2. The van der Waals surface area contributed by atoms with Gasteiger partial charge in [0.1, 0.15) is 5.75 Å². The molecule has 1 N–H and O–H groups in total. The first-order valence-corrected chi connectivity index (χ1v) is 8.31. The summed E-state index contributed by atoms with van der Waals surface area (Å²) < 4.78 is 12.5. The van der Waals surface area contributed by atoms with Crippen molar-refractivity contribution in [3.8, 4) is 5.75 Å². The second-order valence-corrected chi connectivity index (χ2v) is 6.13. The smallest absolute Gasteiger partial charge is 0.337 e. The quantitative estimate of drug-likeness (QED) is 0.733. The molecule has 1 aliphatic rings. The molecule has 0 saturated carbocycles. The predicted molar refractivity (Wildman–Crippen MR) is 99.2 cm³/mol. The molecule has 6 heteroatoms. The molecule has 1 aliphatic heterocycles. The number of benzene rings is 2. The predicted octanol–water partition coefficient (Wildman–Crippen LogP) is 3.51. The highest BCUT2D eigenvalue weighted by molar-refractivity contribution is 5.94. The normalized spacial score (nSPS) is 16.2. The Morgan fingerprint density at radius 1 is 1.15 bits per heavy atom. The Bertz CT molecular complexity index is 1040. The topological polar surface area (TPSA) is 65.4 Å². The van der Waals surface area contributed by atoms with E-state index in [2.05, 4.69) is 10.3 Å². The van der Waals surface area contributed by atoms with Crippen LogP contribution in [0.1, 0.15) is 18.5 Å². The summed E-state index contributed by atoms with van der Waals surface area (Å²) >= 11 is 0. The molecular weight excluding hydrogens is 330 g/mol. The summed E-state index contributed by atoms with van der Waals surface area (Å²) in [5, 5.41) is 3.24. The Kier molecular flexibility index (Phi) is 3.88. The monoisotopic (exact) mass is 349 g/mol. The number of nitrogens with one attached hydrogen (secondary N) is 1. The highest BCUT2D eigenvalue weighted by atomic mass is 16.5. The van der Waals surface area contributed by atoms with Gasteiger partial charge in [-0.3, -0.25) is 4.57 Å². The van der Waals surface area contributed by atoms with Crippen LogP contribution in [0.5, 0.6) is 5.75 Å². The lowest BCUT2D eigenvalue weighted by Crippen LogP contribution is -2.28. The highest BCUT2D eigenvalue weighted by Gasteiger charge is 2.34. The molecular formula is C20H19N3O3. The molecule has 26 heavy (non-hydrogen) atoms. The number of imidazole rings is 1. The van der Waals surface area contributed by atoms with Gasteiger partial charge in [-0.1, -0.05) is 24.3 Å². The Hall–Kier alpha value is -3.28. The van der Waals surface area contributed by atoms with Crippen LogP contribution in [0.3, 0.4) is 0 Å². The van der Waals surface area contributed by atoms with E-state index in [4.69, 9.17) is 9.47 Å². The third-order valence-corrected chi connectivity index (χ3v) is 4.65. The molecule has 0 saturated heterocycles. The van der Waals surface area contributed by atoms with Crippen molar-refractivity contribution in [2.45, 2.75) is 13.0 Å². The van der Waals surface area contributed by atoms with E-state index in [0.717, 1.165) is 28.0 Å². The molecule has 0 spiro atoms. The van der Waals surface area contributed by atoms with Crippen LogP contribution in [0.2, 0.25) is 0 Å². The Balaban J connectivity index is 2.01. The van der Waals surface area contributed by atoms with Gasteiger partial charge in [0.05, 0.1) is 36.9 Å². The SMILES string of the molecule is COC(=O)C1=C(C)Nc2nc3ccccc3n2[C@@H]1c1cccc(OC)c1. The summed E-state index contributed by atoms with van der Waals surface area (Å²) in [6.45, 7) is 1.86. The van der Waals surface area contributed by atoms with Crippen LogP contribution in [-0.4, -0.2) is 29.7 Å². The average molecular weight is 349 g/mol. The fourth-order valence-corrected chi connectivity index (χ4v) is 3.47. The van der Waals surface area contributed by atoms with E-state index >= 15 is 0 Å². The summed E-state index contributed by atoms with van der Waals surface area (Å²) in [6, 6.07) is 15.2. The summed E-state index contributed by atoms with van der Waals surface area (Å²) in [4.78, 5) is 17.3. The maximum atomic E-state index is 12.6. The van der Waals surface area contributed by atoms with Gasteiger partial charge in [-0.25, -0.2) is 9.78 Å². The first kappa shape index (κ1) is 16.2. The number of carbonyl (C=O) groups is 1. The fraction of sp³-hybridized carbons (Fsp3) is 0.200. The zero-order valence-electron chi connectivity index (χ0n) is 14.8. The molecule has 0 amide bonds. The van der Waals surface area contributed by atoms with E-state index in [1.54, 1.807) is 7.11 Å². The molecule has 1 aromatic heterocycles. The van der Waals surface area contributed by atoms with Crippen molar-refractivity contribution in [1.29, 1.82) is 0 Å². The first-order chi connectivity index (χ1) is 12.6. The number of nitrogens with zero attached hydrogens (tertiary/aromatic N) is 2. The van der Waals surface area contributed by atoms with Crippen LogP contribution in [-0.2, 0) is 9.53 Å². The number of esters is 1. The van der Waals surface area contributed by atoms with Crippen LogP contribution < -0.4 is 10.1 Å². The number of rotatable bonds is 3. The summed E-state index contributed by atoms with van der Waals surface area (Å²) in [6.07, 6.45) is 0. The number of carbonyl (C=O) groups excluding carboxylic acids is 1. The van der Waals surface area contributed by atoms with Crippen molar-refractivity contribution < 1.29 is 14.3 Å². The minimum atomic E-state index is -0.369. The molecule has 0 radical (unpaired) electrons. The molecule has 4 rings (SSSR count). The highest BCUT2D eigenvalue weighted by Crippen LogP contribution is 2.40. The van der Waals surface area contributed by atoms with Gasteiger partial charge in [-0.2, -0.15) is 0 Å². The van der Waals surface area contributed by atoms with Gasteiger partial charge < -0.3 is 14.8 Å². The lowest BCUT2D eigenvalue weighted by molar-refractivity contribution is -0.136. The van der Waals surface area contributed by atoms with Gasteiger partial charge >= 0.3 is 5.97 Å². The van der Waals surface area contributed by atoms with E-state index < -0.39 is 0 Å². The van der Waals surface area contributed by atoms with Gasteiger partial charge in [0.15, 0.2) is 0 Å². The fourth-order valence-electron chi connectivity index (χ4n) is 3.47. The van der Waals surface area contributed by atoms with Crippen molar-refractivity contribution in [3.05, 3.63) is 65.4 Å². The number of fused-ring (bicyclic) bond motifs is 3. The number of hydrogen-bond donors (Lipinski definition) is 1. The molecule has 0 bridgehead atoms. The molecule has 3 aromatic rings. The van der Waals surface area contributed by atoms with Crippen LogP contribution in [0.15, 0.2) is 59.8 Å². The van der Waals surface area contributed by atoms with Crippen molar-refractivity contribution in [2.75, 3.05) is 19.5 Å². The number of ether oxygens (including phenoxy) is 2. The van der Waals surface area contributed by atoms with Crippen molar-refractivity contribution in [3.63, 3.8) is 0 Å². The summed E-state index contributed by atoms with van der Waals surface area (Å²) in [5.74, 6) is 1.06. The van der Waals surface area contributed by atoms with Crippen LogP contribution >= 0.6 is 0 Å². The number of aromatic nitrogens is 2. The van der Waals surface area contributed by atoms with E-state index in [1.807, 2.05) is 60.0 Å². The van der Waals surface area contributed by atoms with E-state index in [9.17, 15) is 4.79 Å². The van der Waals surface area contributed by atoms with Gasteiger partial charge in [0.2, 0.25) is 5.95 Å². The van der Waals surface area contributed by atoms with Gasteiger partial charge in [0.25, 0.3) is 0 Å². The minimum absolute atomic E-state index is 0.360. The standard InChI is InChI=1S/C20H19N3O3/c1-12-17(19(24)26-3)18(13-7-6-8-14(11-13)25-2)23-16-10-5-4-9-15(16)22-20(23)21-12/h4-11,18H,1-3H3,(H,21,22)/t18-/m1/s1. The number of anilines is 1. The number of hydrogen-bond acceptors (Lipinski definition) is 5. The zero-order valence-corrected chi connectivity index (χ0v) is 14.8. The van der Waals surface area contributed by atoms with Crippen LogP contribution in [0.25, 0.3) is 11.0 Å². The van der Waals surface area contributed by atoms with Crippen molar-refractivity contribution in [2.24, 2.45) is 0 Å². The Labute approximate surface area is 151 Å². The van der Waals surface area contributed by atoms with Gasteiger partial charge in [-0.15, -0.1) is 0 Å². The molecule has 0 fully saturated rings. The maximum Gasteiger partial charge on any atom is 0.337 e. The number of allylic oxidation sites excluding steroid dienone is 1. The van der Waals surface area contributed by atoms with E-state index in [-0.39, 0.29) is 12.0 Å². The number of methoxy groups -OCH3 is 2. The lowest BCUT2D eigenvalue weighted by atomic mass is 9.95. The molecule has 2 heterocycles. The first-order valence-electron chi connectivity index (χ1n) is 8.31. The average Bonchev–Trinajstić information content (AvgIpc) is 3.04. The van der Waals surface area contributed by atoms with Crippen LogP contribution in [0.4, 0.5) is 5.95 Å². The van der Waals surface area contributed by atoms with Crippen molar-refractivity contribution in [1.82, 2.24) is 9.55 Å². The Morgan fingerprint density at radius 2 is 1.96 bits per heavy atom. The molecule has 0 unspecified atom stereocenters. The van der Waals surface area contributed by atoms with Gasteiger partial charge in [0, 0.05) is 5.70 Å². The summed E-state index contributed by atoms with van der Waals surface area (Å²) in [5.41, 5.74) is 4.01. The Morgan fingerprint density at radius 3 is 2.73 bits per heavy atom. The second-order valence-electron chi connectivity index (χ2n) is 6.13.